The van der Waals surface area contributed by atoms with Gasteiger partial charge in [0.05, 0.1) is 3.79 Å². The minimum absolute atomic E-state index is 1.10. The average Bonchev–Trinajstić information content (AvgIpc) is 3.43. The lowest BCUT2D eigenvalue weighted by molar-refractivity contribution is 0.794. The summed E-state index contributed by atoms with van der Waals surface area (Å²) in [6.45, 7) is 2.26. The Morgan fingerprint density at radius 1 is 0.606 bits per heavy atom. The number of unbranched alkanes of at least 4 members (excludes halogenated alkanes) is 1. The zero-order valence-corrected chi connectivity index (χ0v) is 21.9. The minimum atomic E-state index is 1.10. The molecule has 6 aromatic rings. The molecular formula is C30H25BrS2. The molecule has 0 atom stereocenters. The second-order valence-electron chi connectivity index (χ2n) is 8.95. The van der Waals surface area contributed by atoms with Gasteiger partial charge in [0.15, 0.2) is 0 Å². The van der Waals surface area contributed by atoms with Crippen molar-refractivity contribution in [3.63, 3.8) is 0 Å². The highest BCUT2D eigenvalue weighted by Crippen LogP contribution is 2.40. The number of halogens is 1. The molecule has 0 saturated heterocycles. The van der Waals surface area contributed by atoms with Crippen LogP contribution in [0.15, 0.2) is 76.6 Å². The van der Waals surface area contributed by atoms with E-state index in [0.717, 1.165) is 12.8 Å². The molecule has 0 saturated carbocycles. The van der Waals surface area contributed by atoms with E-state index in [4.69, 9.17) is 0 Å². The SMILES string of the molecule is CCCCc1ccc(CCc2cc3ccc4cc5c(ccc6cc(Br)sc65)cc4c3s2)cc1. The lowest BCUT2D eigenvalue weighted by Crippen LogP contribution is -1.90. The van der Waals surface area contributed by atoms with Crippen molar-refractivity contribution < 1.29 is 0 Å². The van der Waals surface area contributed by atoms with Crippen LogP contribution < -0.4 is 0 Å². The van der Waals surface area contributed by atoms with Gasteiger partial charge >= 0.3 is 0 Å². The highest BCUT2D eigenvalue weighted by Gasteiger charge is 2.10. The Kier molecular flexibility index (Phi) is 5.73. The van der Waals surface area contributed by atoms with Crippen LogP contribution in [0.3, 0.4) is 0 Å². The van der Waals surface area contributed by atoms with Gasteiger partial charge in [0.25, 0.3) is 0 Å². The zero-order valence-electron chi connectivity index (χ0n) is 18.7. The summed E-state index contributed by atoms with van der Waals surface area (Å²) in [6, 6.07) is 27.8. The van der Waals surface area contributed by atoms with E-state index in [-0.39, 0.29) is 0 Å². The maximum Gasteiger partial charge on any atom is 0.0711 e. The van der Waals surface area contributed by atoms with Crippen LogP contribution in [0, 0.1) is 0 Å². The number of aryl methyl sites for hydroxylation is 3. The lowest BCUT2D eigenvalue weighted by atomic mass is 10.0. The first kappa shape index (κ1) is 21.3. The summed E-state index contributed by atoms with van der Waals surface area (Å²) in [6.07, 6.45) is 5.94. The third kappa shape index (κ3) is 4.12. The number of fused-ring (bicyclic) bond motifs is 6. The summed E-state index contributed by atoms with van der Waals surface area (Å²) < 4.78 is 3.99. The quantitative estimate of drug-likeness (QED) is 0.188. The van der Waals surface area contributed by atoms with E-state index < -0.39 is 0 Å². The summed E-state index contributed by atoms with van der Waals surface area (Å²) >= 11 is 7.46. The predicted octanol–water partition coefficient (Wildman–Crippen LogP) is 10.3. The molecule has 0 radical (unpaired) electrons. The highest BCUT2D eigenvalue weighted by molar-refractivity contribution is 9.11. The van der Waals surface area contributed by atoms with Gasteiger partial charge in [-0.3, -0.25) is 0 Å². The molecule has 0 nitrogen and oxygen atoms in total. The summed E-state index contributed by atoms with van der Waals surface area (Å²) in [7, 11) is 0. The number of hydrogen-bond acceptors (Lipinski definition) is 2. The van der Waals surface area contributed by atoms with Crippen molar-refractivity contribution >= 4 is 80.3 Å². The molecule has 0 unspecified atom stereocenters. The lowest BCUT2D eigenvalue weighted by Gasteiger charge is -2.05. The second-order valence-corrected chi connectivity index (χ2v) is 12.5. The summed E-state index contributed by atoms with van der Waals surface area (Å²) in [5.74, 6) is 0. The van der Waals surface area contributed by atoms with E-state index in [0.29, 0.717) is 0 Å². The van der Waals surface area contributed by atoms with Crippen molar-refractivity contribution in [1.82, 2.24) is 0 Å². The van der Waals surface area contributed by atoms with Crippen molar-refractivity contribution in [1.29, 1.82) is 0 Å². The van der Waals surface area contributed by atoms with Crippen LogP contribution in [-0.4, -0.2) is 0 Å². The first-order valence-corrected chi connectivity index (χ1v) is 14.2. The molecule has 0 bridgehead atoms. The fraction of sp³-hybridized carbons (Fsp3) is 0.200. The predicted molar refractivity (Wildman–Crippen MR) is 152 cm³/mol. The molecule has 164 valence electrons. The van der Waals surface area contributed by atoms with Gasteiger partial charge in [-0.2, -0.15) is 0 Å². The van der Waals surface area contributed by atoms with Crippen LogP contribution in [0.4, 0.5) is 0 Å². The molecule has 2 aromatic heterocycles. The first-order chi connectivity index (χ1) is 16.2. The monoisotopic (exact) mass is 528 g/mol. The van der Waals surface area contributed by atoms with Crippen LogP contribution in [0.5, 0.6) is 0 Å². The summed E-state index contributed by atoms with van der Waals surface area (Å²) in [5.41, 5.74) is 2.91. The van der Waals surface area contributed by atoms with Crippen LogP contribution >= 0.6 is 38.6 Å². The van der Waals surface area contributed by atoms with Gasteiger partial charge < -0.3 is 0 Å². The molecule has 2 heterocycles. The molecule has 0 spiro atoms. The molecule has 0 N–H and O–H groups in total. The number of thiophene rings is 2. The highest BCUT2D eigenvalue weighted by atomic mass is 79.9. The first-order valence-electron chi connectivity index (χ1n) is 11.7. The van der Waals surface area contributed by atoms with E-state index in [9.17, 15) is 0 Å². The minimum Gasteiger partial charge on any atom is -0.140 e. The van der Waals surface area contributed by atoms with E-state index >= 15 is 0 Å². The van der Waals surface area contributed by atoms with E-state index in [1.54, 1.807) is 0 Å². The molecule has 6 rings (SSSR count). The Morgan fingerprint density at radius 2 is 1.18 bits per heavy atom. The van der Waals surface area contributed by atoms with E-state index in [1.807, 2.05) is 22.7 Å². The molecule has 33 heavy (non-hydrogen) atoms. The van der Waals surface area contributed by atoms with Crippen molar-refractivity contribution in [2.24, 2.45) is 0 Å². The third-order valence-electron chi connectivity index (χ3n) is 6.64. The van der Waals surface area contributed by atoms with Crippen molar-refractivity contribution in [3.8, 4) is 0 Å². The van der Waals surface area contributed by atoms with Gasteiger partial charge in [0.2, 0.25) is 0 Å². The van der Waals surface area contributed by atoms with Crippen LogP contribution in [-0.2, 0) is 19.3 Å². The van der Waals surface area contributed by atoms with E-state index in [2.05, 4.69) is 95.7 Å². The van der Waals surface area contributed by atoms with Gasteiger partial charge in [-0.15, -0.1) is 22.7 Å². The van der Waals surface area contributed by atoms with Crippen molar-refractivity contribution in [2.75, 3.05) is 0 Å². The summed E-state index contributed by atoms with van der Waals surface area (Å²) in [5, 5.41) is 8.09. The third-order valence-corrected chi connectivity index (χ3v) is 9.57. The smallest absolute Gasteiger partial charge is 0.0711 e. The molecule has 0 fully saturated rings. The Balaban J connectivity index is 1.32. The van der Waals surface area contributed by atoms with Gasteiger partial charge in [-0.05, 0) is 98.6 Å². The molecule has 0 aliphatic carbocycles. The van der Waals surface area contributed by atoms with Gasteiger partial charge in [0, 0.05) is 25.0 Å². The average molecular weight is 530 g/mol. The Morgan fingerprint density at radius 3 is 1.85 bits per heavy atom. The van der Waals surface area contributed by atoms with Crippen LogP contribution in [0.2, 0.25) is 0 Å². The van der Waals surface area contributed by atoms with Gasteiger partial charge in [-0.25, -0.2) is 0 Å². The van der Waals surface area contributed by atoms with E-state index in [1.165, 1.54) is 80.8 Å². The Labute approximate surface area is 211 Å². The largest absolute Gasteiger partial charge is 0.140 e. The van der Waals surface area contributed by atoms with Crippen molar-refractivity contribution in [2.45, 2.75) is 39.0 Å². The fourth-order valence-corrected chi connectivity index (χ4v) is 7.63. The molecule has 0 amide bonds. The number of hydrogen-bond donors (Lipinski definition) is 0. The van der Waals surface area contributed by atoms with Gasteiger partial charge in [0.1, 0.15) is 0 Å². The van der Waals surface area contributed by atoms with Crippen LogP contribution in [0.1, 0.15) is 35.8 Å². The molecule has 0 aliphatic heterocycles. The molecule has 4 aromatic carbocycles. The Hall–Kier alpha value is -2.20. The maximum absolute atomic E-state index is 3.66. The molecule has 0 aliphatic rings. The standard InChI is InChI=1S/C30H25BrS2/c1-2-3-4-19-5-7-20(8-6-19)9-14-25-15-23-12-10-21-17-27-22(16-26(21)29(23)32-25)11-13-24-18-28(31)33-30(24)27/h5-8,10-13,15-18H,2-4,9,14H2,1H3. The second kappa shape index (κ2) is 8.87. The fourth-order valence-electron chi connectivity index (χ4n) is 4.81. The summed E-state index contributed by atoms with van der Waals surface area (Å²) in [4.78, 5) is 1.48. The Bertz CT molecular complexity index is 1600. The number of rotatable bonds is 6. The number of benzene rings is 4. The zero-order chi connectivity index (χ0) is 22.4. The van der Waals surface area contributed by atoms with Crippen molar-refractivity contribution in [3.05, 3.63) is 92.6 Å². The normalized spacial score (nSPS) is 11.9. The molecule has 3 heteroatoms. The maximum atomic E-state index is 3.66. The topological polar surface area (TPSA) is 0 Å². The van der Waals surface area contributed by atoms with Gasteiger partial charge in [-0.1, -0.05) is 61.9 Å². The van der Waals surface area contributed by atoms with Crippen LogP contribution in [0.25, 0.3) is 41.7 Å². The molecular weight excluding hydrogens is 504 g/mol.